The number of unbranched alkanes of at least 4 members (excludes halogenated alkanes) is 6. The van der Waals surface area contributed by atoms with E-state index in [4.69, 9.17) is 4.74 Å². The van der Waals surface area contributed by atoms with Crippen LogP contribution in [0.25, 0.3) is 0 Å². The lowest BCUT2D eigenvalue weighted by Crippen LogP contribution is -2.03. The van der Waals surface area contributed by atoms with Crippen LogP contribution in [0.4, 0.5) is 0 Å². The van der Waals surface area contributed by atoms with Crippen molar-refractivity contribution in [3.8, 4) is 0 Å². The largest absolute Gasteiger partial charge is 0.457 e. The molecule has 3 heteroatoms. The molecule has 0 aliphatic heterocycles. The van der Waals surface area contributed by atoms with Gasteiger partial charge in [0.15, 0.2) is 0 Å². The summed E-state index contributed by atoms with van der Waals surface area (Å²) in [4.78, 5) is 9.73. The van der Waals surface area contributed by atoms with Crippen LogP contribution in [0, 0.1) is 0 Å². The minimum atomic E-state index is 0.400. The molecule has 0 N–H and O–H groups in total. The van der Waals surface area contributed by atoms with Gasteiger partial charge in [0.1, 0.15) is 0 Å². The maximum Gasteiger partial charge on any atom is 0.417 e. The van der Waals surface area contributed by atoms with Crippen molar-refractivity contribution in [2.45, 2.75) is 64.4 Å². The Labute approximate surface area is 99.5 Å². The van der Waals surface area contributed by atoms with E-state index in [0.717, 1.165) is 12.8 Å². The molecular formula is C13H25O3. The number of hydrogen-bond acceptors (Lipinski definition) is 3. The van der Waals surface area contributed by atoms with E-state index in [1.807, 2.05) is 0 Å². The molecule has 0 saturated carbocycles. The van der Waals surface area contributed by atoms with Crippen molar-refractivity contribution in [3.63, 3.8) is 0 Å². The summed E-state index contributed by atoms with van der Waals surface area (Å²) in [6.07, 6.45) is 10.1. The van der Waals surface area contributed by atoms with Crippen LogP contribution in [0.3, 0.4) is 0 Å². The summed E-state index contributed by atoms with van der Waals surface area (Å²) >= 11 is 0. The molecule has 0 amide bonds. The van der Waals surface area contributed by atoms with Crippen molar-refractivity contribution in [1.29, 1.82) is 0 Å². The lowest BCUT2D eigenvalue weighted by atomic mass is 10.1. The fourth-order valence-corrected chi connectivity index (χ4v) is 1.65. The third-order valence-corrected chi connectivity index (χ3v) is 2.82. The van der Waals surface area contributed by atoms with Gasteiger partial charge in [0, 0.05) is 7.11 Å². The summed E-state index contributed by atoms with van der Waals surface area (Å²) in [6.45, 7) is 4.08. The summed E-state index contributed by atoms with van der Waals surface area (Å²) in [7, 11) is 1.77. The standard InChI is InChI=1S/C13H25O3/c1-13(15-2)10-8-6-4-3-5-7-9-11-16-12-14/h13H,3-11H2,1-2H3. The molecule has 1 radical (unpaired) electrons. The van der Waals surface area contributed by atoms with Crippen molar-refractivity contribution >= 4 is 6.47 Å². The van der Waals surface area contributed by atoms with Gasteiger partial charge >= 0.3 is 6.47 Å². The Morgan fingerprint density at radius 2 is 1.56 bits per heavy atom. The van der Waals surface area contributed by atoms with Crippen LogP contribution in [0.1, 0.15) is 58.3 Å². The fraction of sp³-hybridized carbons (Fsp3) is 0.923. The molecule has 95 valence electrons. The Kier molecular flexibility index (Phi) is 12.1. The van der Waals surface area contributed by atoms with E-state index in [0.29, 0.717) is 12.7 Å². The first-order chi connectivity index (χ1) is 7.81. The Hall–Kier alpha value is -0.570. The van der Waals surface area contributed by atoms with Crippen LogP contribution < -0.4 is 0 Å². The fourth-order valence-electron chi connectivity index (χ4n) is 1.65. The highest BCUT2D eigenvalue weighted by Gasteiger charge is 1.98. The van der Waals surface area contributed by atoms with Crippen molar-refractivity contribution in [2.24, 2.45) is 0 Å². The number of ether oxygens (including phenoxy) is 2. The number of hydrogen-bond donors (Lipinski definition) is 0. The van der Waals surface area contributed by atoms with Crippen LogP contribution >= 0.6 is 0 Å². The topological polar surface area (TPSA) is 35.5 Å². The van der Waals surface area contributed by atoms with E-state index in [1.165, 1.54) is 45.0 Å². The molecule has 0 spiro atoms. The zero-order chi connectivity index (χ0) is 12.1. The third kappa shape index (κ3) is 11.5. The minimum absolute atomic E-state index is 0.400. The van der Waals surface area contributed by atoms with E-state index in [9.17, 15) is 4.79 Å². The number of methoxy groups -OCH3 is 1. The average Bonchev–Trinajstić information content (AvgIpc) is 2.31. The predicted octanol–water partition coefficient (Wildman–Crippen LogP) is 3.23. The number of rotatable bonds is 12. The first kappa shape index (κ1) is 15.4. The van der Waals surface area contributed by atoms with Crippen LogP contribution in [0.5, 0.6) is 0 Å². The van der Waals surface area contributed by atoms with Gasteiger partial charge in [0.05, 0.1) is 12.7 Å². The van der Waals surface area contributed by atoms with Crippen LogP contribution in [-0.4, -0.2) is 26.3 Å². The van der Waals surface area contributed by atoms with Crippen molar-refractivity contribution < 1.29 is 14.3 Å². The Morgan fingerprint density at radius 3 is 2.12 bits per heavy atom. The quantitative estimate of drug-likeness (QED) is 0.482. The molecule has 1 atom stereocenters. The zero-order valence-corrected chi connectivity index (χ0v) is 10.7. The summed E-state index contributed by atoms with van der Waals surface area (Å²) in [5.41, 5.74) is 0. The normalized spacial score (nSPS) is 12.4. The minimum Gasteiger partial charge on any atom is -0.457 e. The monoisotopic (exact) mass is 229 g/mol. The molecule has 0 aromatic heterocycles. The van der Waals surface area contributed by atoms with Crippen LogP contribution in [0.15, 0.2) is 0 Å². The van der Waals surface area contributed by atoms with Gasteiger partial charge in [-0.15, -0.1) is 0 Å². The summed E-state index contributed by atoms with van der Waals surface area (Å²) in [5, 5.41) is 0. The number of carbonyl (C=O) groups excluding carboxylic acids is 1. The van der Waals surface area contributed by atoms with E-state index in [-0.39, 0.29) is 0 Å². The highest BCUT2D eigenvalue weighted by Crippen LogP contribution is 2.10. The molecular weight excluding hydrogens is 204 g/mol. The molecule has 16 heavy (non-hydrogen) atoms. The Balaban J connectivity index is 2.96. The van der Waals surface area contributed by atoms with E-state index in [2.05, 4.69) is 11.7 Å². The second kappa shape index (κ2) is 12.5. The Bertz CT molecular complexity index is 148. The molecule has 0 aromatic rings. The first-order valence-electron chi connectivity index (χ1n) is 6.33. The zero-order valence-electron chi connectivity index (χ0n) is 10.7. The molecule has 3 nitrogen and oxygen atoms in total. The third-order valence-electron chi connectivity index (χ3n) is 2.82. The Morgan fingerprint density at radius 1 is 1.00 bits per heavy atom. The van der Waals surface area contributed by atoms with Gasteiger partial charge in [0.2, 0.25) is 0 Å². The van der Waals surface area contributed by atoms with Gasteiger partial charge < -0.3 is 9.47 Å². The molecule has 0 fully saturated rings. The summed E-state index contributed by atoms with van der Waals surface area (Å²) in [6, 6.07) is 0. The molecule has 1 unspecified atom stereocenters. The first-order valence-corrected chi connectivity index (χ1v) is 6.33. The second-order valence-electron chi connectivity index (χ2n) is 4.24. The highest BCUT2D eigenvalue weighted by molar-refractivity contribution is 5.37. The molecule has 0 saturated heterocycles. The smallest absolute Gasteiger partial charge is 0.417 e. The van der Waals surface area contributed by atoms with Gasteiger partial charge in [-0.1, -0.05) is 38.5 Å². The molecule has 0 heterocycles. The second-order valence-corrected chi connectivity index (χ2v) is 4.24. The van der Waals surface area contributed by atoms with E-state index in [1.54, 1.807) is 7.11 Å². The molecule has 0 rings (SSSR count). The van der Waals surface area contributed by atoms with Crippen LogP contribution in [0.2, 0.25) is 0 Å². The molecule has 0 aliphatic rings. The van der Waals surface area contributed by atoms with E-state index >= 15 is 0 Å². The maximum absolute atomic E-state index is 9.73. The van der Waals surface area contributed by atoms with E-state index < -0.39 is 0 Å². The molecule has 0 bridgehead atoms. The summed E-state index contributed by atoms with van der Waals surface area (Å²) < 4.78 is 9.69. The van der Waals surface area contributed by atoms with Gasteiger partial charge in [0.25, 0.3) is 0 Å². The molecule has 0 aliphatic carbocycles. The lowest BCUT2D eigenvalue weighted by molar-refractivity contribution is 0.108. The maximum atomic E-state index is 9.73. The van der Waals surface area contributed by atoms with Gasteiger partial charge in [-0.05, 0) is 19.8 Å². The SMILES string of the molecule is COC(C)CCCCCCCCCO[C]=O. The van der Waals surface area contributed by atoms with Gasteiger partial charge in [-0.2, -0.15) is 0 Å². The summed E-state index contributed by atoms with van der Waals surface area (Å²) in [5.74, 6) is 0. The van der Waals surface area contributed by atoms with Gasteiger partial charge in [-0.25, -0.2) is 4.79 Å². The highest BCUT2D eigenvalue weighted by atomic mass is 16.5. The lowest BCUT2D eigenvalue weighted by Gasteiger charge is -2.08. The van der Waals surface area contributed by atoms with Gasteiger partial charge in [-0.3, -0.25) is 0 Å². The molecule has 0 aromatic carbocycles. The predicted molar refractivity (Wildman–Crippen MR) is 65.1 cm³/mol. The van der Waals surface area contributed by atoms with Crippen molar-refractivity contribution in [2.75, 3.05) is 13.7 Å². The van der Waals surface area contributed by atoms with Crippen molar-refractivity contribution in [3.05, 3.63) is 0 Å². The van der Waals surface area contributed by atoms with Crippen molar-refractivity contribution in [1.82, 2.24) is 0 Å². The van der Waals surface area contributed by atoms with Crippen LogP contribution in [-0.2, 0) is 14.3 Å². The average molecular weight is 229 g/mol.